The van der Waals surface area contributed by atoms with Gasteiger partial charge < -0.3 is 19.7 Å². The Kier molecular flexibility index (Phi) is 7.89. The predicted octanol–water partition coefficient (Wildman–Crippen LogP) is 8.57. The van der Waals surface area contributed by atoms with Crippen molar-refractivity contribution in [2.24, 2.45) is 5.92 Å². The molecule has 2 atom stereocenters. The Bertz CT molecular complexity index is 1650. The van der Waals surface area contributed by atoms with Gasteiger partial charge in [0.25, 0.3) is 0 Å². The number of rotatable bonds is 5. The van der Waals surface area contributed by atoms with Gasteiger partial charge in [0.05, 0.1) is 39.7 Å². The molecule has 43 heavy (non-hydrogen) atoms. The summed E-state index contributed by atoms with van der Waals surface area (Å²) in [5.74, 6) is 0.703. The van der Waals surface area contributed by atoms with Crippen LogP contribution in [0.25, 0.3) is 5.69 Å². The van der Waals surface area contributed by atoms with Crippen LogP contribution in [0.3, 0.4) is 0 Å². The van der Waals surface area contributed by atoms with Crippen LogP contribution in [0.5, 0.6) is 0 Å². The van der Waals surface area contributed by atoms with Gasteiger partial charge in [-0.05, 0) is 98.9 Å². The fourth-order valence-electron chi connectivity index (χ4n) is 6.47. The Morgan fingerprint density at radius 2 is 1.67 bits per heavy atom. The molecule has 2 aliphatic rings. The summed E-state index contributed by atoms with van der Waals surface area (Å²) >= 11 is 12.8. The van der Waals surface area contributed by atoms with E-state index in [0.717, 1.165) is 54.6 Å². The van der Waals surface area contributed by atoms with E-state index in [4.69, 9.17) is 23.8 Å². The van der Waals surface area contributed by atoms with E-state index in [2.05, 4.69) is 22.1 Å². The first kappa shape index (κ1) is 29.5. The topological polar surface area (TPSA) is 36.3 Å². The molecular formula is C33H33ClF3N5S. The summed E-state index contributed by atoms with van der Waals surface area (Å²) < 4.78 is 43.9. The molecule has 0 unspecified atom stereocenters. The van der Waals surface area contributed by atoms with Gasteiger partial charge in [0, 0.05) is 36.4 Å². The zero-order valence-corrected chi connectivity index (χ0v) is 25.8. The molecule has 2 aliphatic heterocycles. The van der Waals surface area contributed by atoms with Crippen LogP contribution in [-0.4, -0.2) is 27.8 Å². The Morgan fingerprint density at radius 3 is 2.35 bits per heavy atom. The van der Waals surface area contributed by atoms with E-state index in [9.17, 15) is 13.2 Å². The smallest absolute Gasteiger partial charge is 0.370 e. The first-order valence-corrected chi connectivity index (χ1v) is 15.2. The van der Waals surface area contributed by atoms with Gasteiger partial charge in [-0.3, -0.25) is 4.98 Å². The molecule has 6 rings (SSSR count). The number of halogens is 4. The van der Waals surface area contributed by atoms with Gasteiger partial charge in [-0.2, -0.15) is 13.2 Å². The first-order chi connectivity index (χ1) is 20.5. The number of benzene rings is 2. The molecule has 0 bridgehead atoms. The Labute approximate surface area is 260 Å². The minimum atomic E-state index is -4.50. The molecule has 5 nitrogen and oxygen atoms in total. The fourth-order valence-corrected chi connectivity index (χ4v) is 7.11. The van der Waals surface area contributed by atoms with Crippen molar-refractivity contribution < 1.29 is 13.2 Å². The molecule has 0 amide bonds. The van der Waals surface area contributed by atoms with Crippen molar-refractivity contribution in [1.29, 1.82) is 0 Å². The van der Waals surface area contributed by atoms with Gasteiger partial charge in [0.15, 0.2) is 5.11 Å². The van der Waals surface area contributed by atoms with Crippen molar-refractivity contribution in [1.82, 2.24) is 14.9 Å². The standard InChI is InChI=1S/C33H33ClF3N5S/c1-20-13-16-40(17-14-20)29-12-11-23(19-26(29)34)42-31(30(39-32(42)43)27-9-6-7-15-38-27)24-18-21(2)41(22(24)3)28-10-5-4-8-25(28)33(35,36)37/h4-12,15,18-20,30-31H,13-14,16-17H2,1-3H3,(H,39,43)/t30-,31-/m0/s1. The molecule has 1 N–H and O–H groups in total. The van der Waals surface area contributed by atoms with E-state index < -0.39 is 17.8 Å². The molecule has 224 valence electrons. The molecule has 10 heteroatoms. The SMILES string of the molecule is Cc1cc([C@H]2[C@H](c3ccccn3)NC(=S)N2c2ccc(N3CCC(C)CC3)c(Cl)c2)c(C)n1-c1ccccc1C(F)(F)F. The summed E-state index contributed by atoms with van der Waals surface area (Å²) in [6, 6.07) is 18.6. The van der Waals surface area contributed by atoms with Gasteiger partial charge >= 0.3 is 6.18 Å². The van der Waals surface area contributed by atoms with Crippen LogP contribution in [0.2, 0.25) is 5.02 Å². The molecule has 2 aromatic heterocycles. The maximum Gasteiger partial charge on any atom is 0.418 e. The van der Waals surface area contributed by atoms with Crippen molar-refractivity contribution in [3.05, 3.63) is 106 Å². The van der Waals surface area contributed by atoms with Gasteiger partial charge in [0.2, 0.25) is 0 Å². The maximum atomic E-state index is 14.1. The second kappa shape index (κ2) is 11.5. The zero-order valence-electron chi connectivity index (χ0n) is 24.2. The van der Waals surface area contributed by atoms with Gasteiger partial charge in [-0.1, -0.05) is 36.7 Å². The van der Waals surface area contributed by atoms with Gasteiger partial charge in [-0.25, -0.2) is 0 Å². The second-order valence-corrected chi connectivity index (χ2v) is 12.3. The van der Waals surface area contributed by atoms with E-state index >= 15 is 0 Å². The third-order valence-corrected chi connectivity index (χ3v) is 9.29. The highest BCUT2D eigenvalue weighted by molar-refractivity contribution is 7.80. The minimum Gasteiger partial charge on any atom is -0.370 e. The van der Waals surface area contributed by atoms with Crippen LogP contribution in [-0.2, 0) is 6.18 Å². The number of nitrogens with one attached hydrogen (secondary N) is 1. The van der Waals surface area contributed by atoms with Crippen molar-refractivity contribution >= 4 is 40.3 Å². The Morgan fingerprint density at radius 1 is 0.953 bits per heavy atom. The molecule has 4 heterocycles. The number of anilines is 2. The second-order valence-electron chi connectivity index (χ2n) is 11.5. The van der Waals surface area contributed by atoms with Crippen molar-refractivity contribution in [3.8, 4) is 5.69 Å². The highest BCUT2D eigenvalue weighted by Gasteiger charge is 2.43. The molecule has 0 aliphatic carbocycles. The number of aromatic nitrogens is 2. The first-order valence-electron chi connectivity index (χ1n) is 14.4. The molecule has 0 spiro atoms. The lowest BCUT2D eigenvalue weighted by molar-refractivity contribution is -0.137. The van der Waals surface area contributed by atoms with Crippen molar-refractivity contribution in [3.63, 3.8) is 0 Å². The summed E-state index contributed by atoms with van der Waals surface area (Å²) in [6.45, 7) is 7.88. The summed E-state index contributed by atoms with van der Waals surface area (Å²) in [7, 11) is 0. The number of hydrogen-bond donors (Lipinski definition) is 1. The number of alkyl halides is 3. The Balaban J connectivity index is 1.46. The van der Waals surface area contributed by atoms with E-state index in [1.165, 1.54) is 12.1 Å². The number of aryl methyl sites for hydroxylation is 1. The molecule has 0 radical (unpaired) electrons. The average molecular weight is 624 g/mol. The summed E-state index contributed by atoms with van der Waals surface area (Å²) in [5.41, 5.74) is 4.22. The van der Waals surface area contributed by atoms with Crippen LogP contribution in [0.15, 0.2) is 72.9 Å². The number of pyridine rings is 1. The monoisotopic (exact) mass is 623 g/mol. The lowest BCUT2D eigenvalue weighted by Gasteiger charge is -2.33. The highest BCUT2D eigenvalue weighted by Crippen LogP contribution is 2.46. The number of para-hydroxylation sites is 1. The van der Waals surface area contributed by atoms with Crippen LogP contribution >= 0.6 is 23.8 Å². The molecule has 2 aromatic carbocycles. The molecular weight excluding hydrogens is 591 g/mol. The lowest BCUT2D eigenvalue weighted by Crippen LogP contribution is -2.33. The molecule has 4 aromatic rings. The quantitative estimate of drug-likeness (QED) is 0.225. The highest BCUT2D eigenvalue weighted by atomic mass is 35.5. The fraction of sp³-hybridized carbons (Fsp3) is 0.333. The predicted molar refractivity (Wildman–Crippen MR) is 170 cm³/mol. The van der Waals surface area contributed by atoms with Crippen LogP contribution < -0.4 is 15.1 Å². The average Bonchev–Trinajstić information content (AvgIpc) is 3.48. The summed E-state index contributed by atoms with van der Waals surface area (Å²) in [4.78, 5) is 8.97. The number of thiocarbonyl (C=S) groups is 1. The summed E-state index contributed by atoms with van der Waals surface area (Å²) in [6.07, 6.45) is -0.518. The van der Waals surface area contributed by atoms with Crippen LogP contribution in [0, 0.1) is 19.8 Å². The maximum absolute atomic E-state index is 14.1. The largest absolute Gasteiger partial charge is 0.418 e. The molecule has 0 saturated carbocycles. The van der Waals surface area contributed by atoms with E-state index in [1.54, 1.807) is 16.8 Å². The van der Waals surface area contributed by atoms with Crippen LogP contribution in [0.4, 0.5) is 24.5 Å². The number of piperidine rings is 1. The summed E-state index contributed by atoms with van der Waals surface area (Å²) in [5, 5.41) is 4.59. The van der Waals surface area contributed by atoms with Gasteiger partial charge in [-0.15, -0.1) is 0 Å². The normalized spacial score (nSPS) is 19.7. The lowest BCUT2D eigenvalue weighted by atomic mass is 9.96. The molecule has 2 saturated heterocycles. The van der Waals surface area contributed by atoms with Crippen LogP contribution in [0.1, 0.15) is 60.1 Å². The van der Waals surface area contributed by atoms with E-state index in [-0.39, 0.29) is 11.7 Å². The van der Waals surface area contributed by atoms with Crippen molar-refractivity contribution in [2.45, 2.75) is 51.9 Å². The minimum absolute atomic E-state index is 0.0916. The third-order valence-electron chi connectivity index (χ3n) is 8.67. The van der Waals surface area contributed by atoms with E-state index in [1.807, 2.05) is 61.2 Å². The zero-order chi connectivity index (χ0) is 30.5. The molecule has 2 fully saturated rings. The van der Waals surface area contributed by atoms with Crippen molar-refractivity contribution in [2.75, 3.05) is 22.9 Å². The number of hydrogen-bond acceptors (Lipinski definition) is 3. The third kappa shape index (κ3) is 5.49. The van der Waals surface area contributed by atoms with Gasteiger partial charge in [0.1, 0.15) is 0 Å². The Hall–Kier alpha value is -3.56. The van der Waals surface area contributed by atoms with E-state index in [0.29, 0.717) is 27.4 Å². The number of nitrogens with zero attached hydrogens (tertiary/aromatic N) is 4.